The third-order valence-electron chi connectivity index (χ3n) is 4.60. The number of carbonyl (C=O) groups excluding carboxylic acids is 1. The van der Waals surface area contributed by atoms with E-state index < -0.39 is 12.0 Å². The quantitative estimate of drug-likeness (QED) is 0.492. The number of rotatable bonds is 6. The van der Waals surface area contributed by atoms with E-state index in [9.17, 15) is 9.90 Å². The van der Waals surface area contributed by atoms with E-state index in [1.807, 2.05) is 54.6 Å². The average Bonchev–Trinajstić information content (AvgIpc) is 3.04. The maximum absolute atomic E-state index is 11.5. The number of ether oxygens (including phenoxy) is 1. The largest absolute Gasteiger partial charge is 0.491 e. The van der Waals surface area contributed by atoms with Gasteiger partial charge in [-0.05, 0) is 48.0 Å². The summed E-state index contributed by atoms with van der Waals surface area (Å²) in [6.45, 7) is 0.224. The van der Waals surface area contributed by atoms with Gasteiger partial charge >= 0.3 is 0 Å². The summed E-state index contributed by atoms with van der Waals surface area (Å²) in [5.41, 5.74) is 8.79. The fourth-order valence-corrected chi connectivity index (χ4v) is 3.26. The highest BCUT2D eigenvalue weighted by Gasteiger charge is 2.11. The van der Waals surface area contributed by atoms with Crippen molar-refractivity contribution in [1.82, 2.24) is 4.98 Å². The lowest BCUT2D eigenvalue weighted by Crippen LogP contribution is -2.20. The molecular weight excluding hydrogens is 340 g/mol. The van der Waals surface area contributed by atoms with Gasteiger partial charge in [-0.2, -0.15) is 0 Å². The second-order valence-electron chi connectivity index (χ2n) is 6.61. The predicted molar refractivity (Wildman–Crippen MR) is 106 cm³/mol. The zero-order valence-corrected chi connectivity index (χ0v) is 14.7. The van der Waals surface area contributed by atoms with Gasteiger partial charge in [0.15, 0.2) is 0 Å². The predicted octanol–water partition coefficient (Wildman–Crippen LogP) is 3.40. The molecular formula is C22H20N2O3. The Morgan fingerprint density at radius 3 is 2.44 bits per heavy atom. The number of nitrogens with two attached hydrogens (primary N) is 1. The van der Waals surface area contributed by atoms with E-state index in [4.69, 9.17) is 10.5 Å². The minimum absolute atomic E-state index is 0.224. The Labute approximate surface area is 156 Å². The van der Waals surface area contributed by atoms with Crippen LogP contribution in [0.5, 0.6) is 5.75 Å². The van der Waals surface area contributed by atoms with Crippen LogP contribution >= 0.6 is 0 Å². The van der Waals surface area contributed by atoms with Crippen LogP contribution in [0.25, 0.3) is 21.8 Å². The number of nitrogens with one attached hydrogen (secondary N) is 1. The third kappa shape index (κ3) is 3.64. The summed E-state index contributed by atoms with van der Waals surface area (Å²) >= 11 is 0. The molecule has 0 aliphatic rings. The zero-order chi connectivity index (χ0) is 18.8. The molecule has 5 nitrogen and oxygen atoms in total. The molecule has 1 aromatic heterocycles. The number of hydrogen-bond acceptors (Lipinski definition) is 3. The van der Waals surface area contributed by atoms with Crippen molar-refractivity contribution >= 4 is 27.7 Å². The first-order chi connectivity index (χ1) is 13.1. The van der Waals surface area contributed by atoms with Gasteiger partial charge in [-0.25, -0.2) is 0 Å². The number of fused-ring (bicyclic) bond motifs is 3. The molecule has 0 radical (unpaired) electrons. The Morgan fingerprint density at radius 2 is 1.70 bits per heavy atom. The van der Waals surface area contributed by atoms with Crippen molar-refractivity contribution in [2.24, 2.45) is 5.73 Å². The van der Waals surface area contributed by atoms with Crippen molar-refractivity contribution in [2.75, 3.05) is 6.61 Å². The molecule has 0 spiro atoms. The Bertz CT molecular complexity index is 1100. The number of para-hydroxylation sites is 1. The van der Waals surface area contributed by atoms with E-state index in [1.165, 1.54) is 0 Å². The van der Waals surface area contributed by atoms with Crippen molar-refractivity contribution in [3.05, 3.63) is 77.9 Å². The Balaban J connectivity index is 1.56. The molecule has 0 bridgehead atoms. The van der Waals surface area contributed by atoms with E-state index in [2.05, 4.69) is 4.98 Å². The number of aromatic amines is 1. The first-order valence-electron chi connectivity index (χ1n) is 8.80. The van der Waals surface area contributed by atoms with Gasteiger partial charge in [0.1, 0.15) is 12.4 Å². The van der Waals surface area contributed by atoms with E-state index in [-0.39, 0.29) is 6.61 Å². The number of hydrogen-bond donors (Lipinski definition) is 3. The van der Waals surface area contributed by atoms with Gasteiger partial charge in [-0.15, -0.1) is 0 Å². The van der Waals surface area contributed by atoms with Crippen LogP contribution in [-0.2, 0) is 6.42 Å². The molecule has 27 heavy (non-hydrogen) atoms. The molecule has 5 heteroatoms. The number of primary amides is 1. The number of carbonyl (C=O) groups is 1. The number of aliphatic hydroxyl groups excluding tert-OH is 1. The number of amides is 1. The lowest BCUT2D eigenvalue weighted by molar-refractivity contribution is 0.100. The summed E-state index contributed by atoms with van der Waals surface area (Å²) in [5, 5.41) is 12.3. The minimum Gasteiger partial charge on any atom is -0.491 e. The number of aliphatic hydroxyl groups is 1. The van der Waals surface area contributed by atoms with Crippen LogP contribution in [0, 0.1) is 0 Å². The molecule has 4 N–H and O–H groups in total. The van der Waals surface area contributed by atoms with Crippen molar-refractivity contribution in [2.45, 2.75) is 12.5 Å². The summed E-state index contributed by atoms with van der Waals surface area (Å²) in [6, 6.07) is 20.8. The zero-order valence-electron chi connectivity index (χ0n) is 14.7. The highest BCUT2D eigenvalue weighted by Crippen LogP contribution is 2.27. The minimum atomic E-state index is -0.617. The standard InChI is InChI=1S/C22H20N2O3/c23-22(26)15-7-9-21-19(12-15)18-11-14(6-8-20(18)24-21)10-16(25)13-27-17-4-2-1-3-5-17/h1-9,11-12,16,24-25H,10,13H2,(H2,23,26). The Hall–Kier alpha value is -3.31. The molecule has 1 amide bonds. The summed E-state index contributed by atoms with van der Waals surface area (Å²) < 4.78 is 5.62. The summed E-state index contributed by atoms with van der Waals surface area (Å²) in [5.74, 6) is 0.290. The fourth-order valence-electron chi connectivity index (χ4n) is 3.26. The van der Waals surface area contributed by atoms with Gasteiger partial charge in [0.2, 0.25) is 5.91 Å². The molecule has 3 aromatic carbocycles. The molecule has 4 aromatic rings. The molecule has 0 aliphatic heterocycles. The van der Waals surface area contributed by atoms with Crippen LogP contribution in [0.3, 0.4) is 0 Å². The van der Waals surface area contributed by atoms with Gasteiger partial charge in [0.25, 0.3) is 0 Å². The van der Waals surface area contributed by atoms with Crippen molar-refractivity contribution in [3.8, 4) is 5.75 Å². The van der Waals surface area contributed by atoms with Crippen LogP contribution in [0.2, 0.25) is 0 Å². The van der Waals surface area contributed by atoms with Crippen LogP contribution in [0.4, 0.5) is 0 Å². The number of H-pyrrole nitrogens is 1. The molecule has 0 saturated heterocycles. The van der Waals surface area contributed by atoms with Crippen molar-refractivity contribution < 1.29 is 14.6 Å². The maximum atomic E-state index is 11.5. The molecule has 0 fully saturated rings. The highest BCUT2D eigenvalue weighted by atomic mass is 16.5. The van der Waals surface area contributed by atoms with Crippen LogP contribution < -0.4 is 10.5 Å². The molecule has 1 atom stereocenters. The average molecular weight is 360 g/mol. The van der Waals surface area contributed by atoms with E-state index in [0.717, 1.165) is 33.1 Å². The smallest absolute Gasteiger partial charge is 0.248 e. The summed E-state index contributed by atoms with van der Waals surface area (Å²) in [7, 11) is 0. The van der Waals surface area contributed by atoms with Crippen LogP contribution in [0.1, 0.15) is 15.9 Å². The van der Waals surface area contributed by atoms with Crippen LogP contribution in [-0.4, -0.2) is 28.7 Å². The van der Waals surface area contributed by atoms with Gasteiger partial charge < -0.3 is 20.6 Å². The molecule has 1 heterocycles. The maximum Gasteiger partial charge on any atom is 0.248 e. The first-order valence-corrected chi connectivity index (χ1v) is 8.80. The van der Waals surface area contributed by atoms with Gasteiger partial charge in [0.05, 0.1) is 6.10 Å². The normalized spacial score (nSPS) is 12.3. The lowest BCUT2D eigenvalue weighted by atomic mass is 10.0. The monoisotopic (exact) mass is 360 g/mol. The topological polar surface area (TPSA) is 88.3 Å². The third-order valence-corrected chi connectivity index (χ3v) is 4.60. The van der Waals surface area contributed by atoms with Crippen molar-refractivity contribution in [1.29, 1.82) is 0 Å². The Morgan fingerprint density at radius 1 is 1.00 bits per heavy atom. The van der Waals surface area contributed by atoms with Crippen LogP contribution in [0.15, 0.2) is 66.7 Å². The summed E-state index contributed by atoms with van der Waals surface area (Å²) in [6.07, 6.45) is -0.139. The van der Waals surface area contributed by atoms with E-state index >= 15 is 0 Å². The summed E-state index contributed by atoms with van der Waals surface area (Å²) in [4.78, 5) is 14.8. The molecule has 136 valence electrons. The van der Waals surface area contributed by atoms with Crippen molar-refractivity contribution in [3.63, 3.8) is 0 Å². The molecule has 4 rings (SSSR count). The van der Waals surface area contributed by atoms with Gasteiger partial charge in [-0.3, -0.25) is 4.79 Å². The lowest BCUT2D eigenvalue weighted by Gasteiger charge is -2.12. The van der Waals surface area contributed by atoms with E-state index in [0.29, 0.717) is 12.0 Å². The highest BCUT2D eigenvalue weighted by molar-refractivity contribution is 6.10. The second kappa shape index (κ2) is 7.13. The molecule has 1 unspecified atom stereocenters. The second-order valence-corrected chi connectivity index (χ2v) is 6.61. The van der Waals surface area contributed by atoms with E-state index in [1.54, 1.807) is 12.1 Å². The first kappa shape index (κ1) is 17.1. The number of aromatic nitrogens is 1. The Kier molecular flexibility index (Phi) is 4.52. The number of benzene rings is 3. The molecule has 0 saturated carbocycles. The fraction of sp³-hybridized carbons (Fsp3) is 0.136. The SMILES string of the molecule is NC(=O)c1ccc2[nH]c3ccc(CC(O)COc4ccccc4)cc3c2c1. The molecule has 0 aliphatic carbocycles. The van der Waals surface area contributed by atoms with Gasteiger partial charge in [-0.1, -0.05) is 24.3 Å². The van der Waals surface area contributed by atoms with Gasteiger partial charge in [0, 0.05) is 33.8 Å².